The van der Waals surface area contributed by atoms with Gasteiger partial charge in [0.15, 0.2) is 0 Å². The van der Waals surface area contributed by atoms with Crippen molar-refractivity contribution in [3.05, 3.63) is 70.7 Å². The van der Waals surface area contributed by atoms with Crippen molar-refractivity contribution in [1.29, 1.82) is 0 Å². The summed E-state index contributed by atoms with van der Waals surface area (Å²) in [6.45, 7) is 3.01. The number of carbonyl (C=O) groups is 2. The number of aromatic nitrogens is 1. The molecular formula is C22H21FN2O3. The fourth-order valence-electron chi connectivity index (χ4n) is 4.03. The number of nitrogens with one attached hydrogen (secondary N) is 1. The second kappa shape index (κ2) is 7.11. The number of carboxylic acids is 1. The van der Waals surface area contributed by atoms with Gasteiger partial charge < -0.3 is 15.0 Å². The molecule has 144 valence electrons. The van der Waals surface area contributed by atoms with Gasteiger partial charge in [-0.25, -0.2) is 9.18 Å². The molecule has 0 saturated carbocycles. The molecule has 1 amide bonds. The summed E-state index contributed by atoms with van der Waals surface area (Å²) in [6.07, 6.45) is 1.76. The summed E-state index contributed by atoms with van der Waals surface area (Å²) in [5.74, 6) is -1.29. The summed E-state index contributed by atoms with van der Waals surface area (Å²) >= 11 is 0. The van der Waals surface area contributed by atoms with Crippen LogP contribution in [0.2, 0.25) is 0 Å². The van der Waals surface area contributed by atoms with Gasteiger partial charge in [-0.1, -0.05) is 12.1 Å². The van der Waals surface area contributed by atoms with E-state index in [0.717, 1.165) is 29.5 Å². The molecule has 0 unspecified atom stereocenters. The zero-order valence-electron chi connectivity index (χ0n) is 15.5. The number of rotatable bonds is 3. The fraction of sp³-hybridized carbons (Fsp3) is 0.273. The predicted octanol–water partition coefficient (Wildman–Crippen LogP) is 4.33. The first-order valence-corrected chi connectivity index (χ1v) is 9.34. The van der Waals surface area contributed by atoms with E-state index < -0.39 is 5.97 Å². The number of hydrogen-bond acceptors (Lipinski definition) is 2. The van der Waals surface area contributed by atoms with Gasteiger partial charge in [0.05, 0.1) is 5.56 Å². The minimum atomic E-state index is -0.952. The summed E-state index contributed by atoms with van der Waals surface area (Å²) in [4.78, 5) is 29.3. The molecule has 2 aromatic carbocycles. The Hall–Kier alpha value is -3.15. The zero-order chi connectivity index (χ0) is 19.8. The minimum absolute atomic E-state index is 0.0964. The number of fused-ring (bicyclic) bond motifs is 1. The van der Waals surface area contributed by atoms with E-state index in [9.17, 15) is 19.1 Å². The third kappa shape index (κ3) is 3.26. The highest BCUT2D eigenvalue weighted by molar-refractivity contribution is 6.01. The van der Waals surface area contributed by atoms with Crippen molar-refractivity contribution in [2.75, 3.05) is 13.1 Å². The van der Waals surface area contributed by atoms with E-state index in [-0.39, 0.29) is 23.2 Å². The first kappa shape index (κ1) is 18.2. The Bertz CT molecular complexity index is 1070. The van der Waals surface area contributed by atoms with E-state index in [1.165, 1.54) is 12.1 Å². The van der Waals surface area contributed by atoms with Crippen molar-refractivity contribution in [1.82, 2.24) is 9.88 Å². The van der Waals surface area contributed by atoms with E-state index in [4.69, 9.17) is 0 Å². The number of hydrogen-bond donors (Lipinski definition) is 2. The van der Waals surface area contributed by atoms with Crippen LogP contribution in [0, 0.1) is 12.7 Å². The molecule has 2 N–H and O–H groups in total. The average Bonchev–Trinajstić information content (AvgIpc) is 3.03. The molecule has 5 nitrogen and oxygen atoms in total. The Balaban J connectivity index is 1.60. The summed E-state index contributed by atoms with van der Waals surface area (Å²) in [5, 5.41) is 9.93. The Kier molecular flexibility index (Phi) is 4.63. The van der Waals surface area contributed by atoms with E-state index >= 15 is 0 Å². The Morgan fingerprint density at radius 1 is 1.21 bits per heavy atom. The number of nitrogens with zero attached hydrogens (tertiary/aromatic N) is 1. The molecule has 1 saturated heterocycles. The molecule has 2 heterocycles. The largest absolute Gasteiger partial charge is 0.478 e. The van der Waals surface area contributed by atoms with Gasteiger partial charge in [-0.2, -0.15) is 0 Å². The summed E-state index contributed by atoms with van der Waals surface area (Å²) in [5.41, 5.74) is 3.17. The van der Waals surface area contributed by atoms with Crippen LogP contribution in [0.1, 0.15) is 50.7 Å². The van der Waals surface area contributed by atoms with Crippen LogP contribution in [0.3, 0.4) is 0 Å². The summed E-state index contributed by atoms with van der Waals surface area (Å²) in [6, 6.07) is 11.4. The van der Waals surface area contributed by atoms with Crippen molar-refractivity contribution in [3.63, 3.8) is 0 Å². The van der Waals surface area contributed by atoms with Gasteiger partial charge in [0.25, 0.3) is 5.91 Å². The Morgan fingerprint density at radius 3 is 2.82 bits per heavy atom. The number of carbonyl (C=O) groups excluding carboxylic acids is 1. The molecule has 3 aromatic rings. The normalized spacial score (nSPS) is 17.1. The van der Waals surface area contributed by atoms with Gasteiger partial charge >= 0.3 is 5.97 Å². The number of piperidine rings is 1. The quantitative estimate of drug-likeness (QED) is 0.710. The lowest BCUT2D eigenvalue weighted by atomic mass is 9.89. The number of aromatic carboxylic acids is 1. The molecule has 6 heteroatoms. The maximum absolute atomic E-state index is 13.6. The number of H-pyrrole nitrogens is 1. The van der Waals surface area contributed by atoms with Crippen LogP contribution >= 0.6 is 0 Å². The lowest BCUT2D eigenvalue weighted by Gasteiger charge is -2.33. The number of aryl methyl sites for hydroxylation is 1. The van der Waals surface area contributed by atoms with E-state index in [2.05, 4.69) is 4.98 Å². The molecule has 1 atom stereocenters. The predicted molar refractivity (Wildman–Crippen MR) is 104 cm³/mol. The van der Waals surface area contributed by atoms with Crippen molar-refractivity contribution >= 4 is 22.8 Å². The molecule has 1 aliphatic rings. The number of amides is 1. The molecule has 0 bridgehead atoms. The molecule has 1 fully saturated rings. The van der Waals surface area contributed by atoms with Crippen LogP contribution in [0.5, 0.6) is 0 Å². The number of halogens is 1. The topological polar surface area (TPSA) is 73.4 Å². The first-order valence-electron chi connectivity index (χ1n) is 9.34. The lowest BCUT2D eigenvalue weighted by Crippen LogP contribution is -2.39. The van der Waals surface area contributed by atoms with E-state index in [1.54, 1.807) is 29.2 Å². The van der Waals surface area contributed by atoms with Gasteiger partial charge in [-0.15, -0.1) is 0 Å². The van der Waals surface area contributed by atoms with E-state index in [0.29, 0.717) is 24.2 Å². The SMILES string of the molecule is Cc1c(C(=O)N2CCC[C@H](c3cccc(C(=O)O)c3)C2)[nH]c2ccc(F)cc12. The first-order chi connectivity index (χ1) is 13.4. The van der Waals surface area contributed by atoms with E-state index in [1.807, 2.05) is 13.0 Å². The van der Waals surface area contributed by atoms with Gasteiger partial charge in [-0.05, 0) is 61.2 Å². The number of carboxylic acid groups (broad SMARTS) is 1. The van der Waals surface area contributed by atoms with Crippen molar-refractivity contribution in [2.24, 2.45) is 0 Å². The van der Waals surface area contributed by atoms with Crippen molar-refractivity contribution in [3.8, 4) is 0 Å². The third-order valence-corrected chi connectivity index (χ3v) is 5.55. The van der Waals surface area contributed by atoms with Crippen molar-refractivity contribution < 1.29 is 19.1 Å². The van der Waals surface area contributed by atoms with Gasteiger partial charge in [0.2, 0.25) is 0 Å². The third-order valence-electron chi connectivity index (χ3n) is 5.55. The summed E-state index contributed by atoms with van der Waals surface area (Å²) < 4.78 is 13.6. The number of aromatic amines is 1. The van der Waals surface area contributed by atoms with Gasteiger partial charge in [-0.3, -0.25) is 4.79 Å². The van der Waals surface area contributed by atoms with Crippen LogP contribution < -0.4 is 0 Å². The standard InChI is InChI=1S/C22H21FN2O3/c1-13-18-11-17(23)7-8-19(18)24-20(13)21(26)25-9-3-6-16(12-25)14-4-2-5-15(10-14)22(27)28/h2,4-5,7-8,10-11,16,24H,3,6,9,12H2,1H3,(H,27,28)/t16-/m0/s1. The number of likely N-dealkylation sites (tertiary alicyclic amines) is 1. The van der Waals surface area contributed by atoms with Crippen LogP contribution in [0.25, 0.3) is 10.9 Å². The molecule has 0 aliphatic carbocycles. The minimum Gasteiger partial charge on any atom is -0.478 e. The second-order valence-electron chi connectivity index (χ2n) is 7.34. The van der Waals surface area contributed by atoms with Crippen LogP contribution in [0.15, 0.2) is 42.5 Å². The summed E-state index contributed by atoms with van der Waals surface area (Å²) in [7, 11) is 0. The maximum atomic E-state index is 13.6. The molecule has 0 spiro atoms. The smallest absolute Gasteiger partial charge is 0.335 e. The highest BCUT2D eigenvalue weighted by Gasteiger charge is 2.28. The molecule has 1 aliphatic heterocycles. The van der Waals surface area contributed by atoms with Crippen LogP contribution in [0.4, 0.5) is 4.39 Å². The van der Waals surface area contributed by atoms with Gasteiger partial charge in [0.1, 0.15) is 11.5 Å². The lowest BCUT2D eigenvalue weighted by molar-refractivity contribution is 0.0685. The molecule has 0 radical (unpaired) electrons. The maximum Gasteiger partial charge on any atom is 0.335 e. The molecule has 1 aromatic heterocycles. The molecular weight excluding hydrogens is 359 g/mol. The highest BCUT2D eigenvalue weighted by atomic mass is 19.1. The van der Waals surface area contributed by atoms with Crippen molar-refractivity contribution in [2.45, 2.75) is 25.7 Å². The Labute approximate surface area is 161 Å². The monoisotopic (exact) mass is 380 g/mol. The fourth-order valence-corrected chi connectivity index (χ4v) is 4.03. The molecule has 4 rings (SSSR count). The van der Waals surface area contributed by atoms with Crippen LogP contribution in [-0.4, -0.2) is 40.0 Å². The second-order valence-corrected chi connectivity index (χ2v) is 7.34. The highest BCUT2D eigenvalue weighted by Crippen LogP contribution is 2.30. The number of benzene rings is 2. The Morgan fingerprint density at radius 2 is 2.04 bits per heavy atom. The van der Waals surface area contributed by atoms with Gasteiger partial charge in [0, 0.05) is 29.9 Å². The van der Waals surface area contributed by atoms with Crippen LogP contribution in [-0.2, 0) is 0 Å². The molecule has 28 heavy (non-hydrogen) atoms. The average molecular weight is 380 g/mol. The zero-order valence-corrected chi connectivity index (χ0v) is 15.5.